The smallest absolute Gasteiger partial charge is 0.256 e. The van der Waals surface area contributed by atoms with E-state index in [1.165, 1.54) is 0 Å². The number of aromatic nitrogens is 1. The van der Waals surface area contributed by atoms with Gasteiger partial charge in [-0.05, 0) is 26.2 Å². The molecule has 0 bridgehead atoms. The van der Waals surface area contributed by atoms with Crippen LogP contribution in [0.2, 0.25) is 0 Å². The molecule has 0 aliphatic rings. The number of amides is 1. The fourth-order valence-corrected chi connectivity index (χ4v) is 2.38. The van der Waals surface area contributed by atoms with Gasteiger partial charge < -0.3 is 25.6 Å². The second-order valence-corrected chi connectivity index (χ2v) is 5.59. The third kappa shape index (κ3) is 3.69. The minimum absolute atomic E-state index is 0.0302. The van der Waals surface area contributed by atoms with Crippen molar-refractivity contribution in [2.75, 3.05) is 39.5 Å². The van der Waals surface area contributed by atoms with Crippen molar-refractivity contribution in [3.63, 3.8) is 0 Å². The number of hydrogen-bond donors (Lipinski definition) is 3. The summed E-state index contributed by atoms with van der Waals surface area (Å²) < 4.78 is 1.86. The minimum atomic E-state index is -0.507. The number of carbonyl (C=O) groups is 1. The number of hydrogen-bond acceptors (Lipinski definition) is 5. The van der Waals surface area contributed by atoms with Gasteiger partial charge in [-0.2, -0.15) is 0 Å². The minimum Gasteiger partial charge on any atom is -0.398 e. The summed E-state index contributed by atoms with van der Waals surface area (Å²) in [5.41, 5.74) is 6.65. The van der Waals surface area contributed by atoms with Crippen LogP contribution in [-0.2, 0) is 6.54 Å². The summed E-state index contributed by atoms with van der Waals surface area (Å²) in [6.07, 6.45) is 1.56. The lowest BCUT2D eigenvalue weighted by atomic mass is 10.1. The van der Waals surface area contributed by atoms with Gasteiger partial charge in [0.25, 0.3) is 5.91 Å². The van der Waals surface area contributed by atoms with Gasteiger partial charge in [-0.25, -0.2) is 0 Å². The third-order valence-corrected chi connectivity index (χ3v) is 3.57. The number of nitrogens with one attached hydrogen (secondary N) is 1. The van der Waals surface area contributed by atoms with Crippen LogP contribution in [0.15, 0.2) is 29.2 Å². The Morgan fingerprint density at radius 1 is 1.39 bits per heavy atom. The quantitative estimate of drug-likeness (QED) is 0.644. The number of aliphatic hydroxyl groups excluding tert-OH is 1. The molecule has 1 heterocycles. The molecule has 0 radical (unpaired) electrons. The first-order valence-corrected chi connectivity index (χ1v) is 7.41. The van der Waals surface area contributed by atoms with Gasteiger partial charge in [0.05, 0.1) is 17.5 Å². The first kappa shape index (κ1) is 17.0. The molecule has 23 heavy (non-hydrogen) atoms. The van der Waals surface area contributed by atoms with Crippen LogP contribution in [-0.4, -0.2) is 54.3 Å². The fraction of sp³-hybridized carbons (Fsp3) is 0.375. The second-order valence-electron chi connectivity index (χ2n) is 5.59. The number of nitrogen functional groups attached to an aromatic ring is 1. The maximum atomic E-state index is 12.6. The van der Waals surface area contributed by atoms with E-state index in [9.17, 15) is 9.59 Å². The lowest BCUT2D eigenvalue weighted by molar-refractivity contribution is 0.0943. The molecular weight excluding hydrogens is 296 g/mol. The molecule has 0 unspecified atom stereocenters. The van der Waals surface area contributed by atoms with E-state index in [0.717, 1.165) is 6.54 Å². The molecule has 0 aliphatic carbocycles. The molecule has 2 rings (SSSR count). The first-order valence-electron chi connectivity index (χ1n) is 7.41. The van der Waals surface area contributed by atoms with Crippen LogP contribution in [0.1, 0.15) is 10.4 Å². The number of nitrogens with two attached hydrogens (primary N) is 1. The van der Waals surface area contributed by atoms with Crippen LogP contribution in [0.3, 0.4) is 0 Å². The van der Waals surface area contributed by atoms with Gasteiger partial charge in [-0.15, -0.1) is 0 Å². The summed E-state index contributed by atoms with van der Waals surface area (Å²) in [6.45, 7) is 1.28. The number of likely N-dealkylation sites (N-methyl/N-ethyl adjacent to an activating group) is 1. The molecule has 0 atom stereocenters. The molecule has 4 N–H and O–H groups in total. The number of nitrogens with zero attached hydrogens (tertiary/aromatic N) is 2. The van der Waals surface area contributed by atoms with Crippen molar-refractivity contribution in [1.82, 2.24) is 14.8 Å². The zero-order valence-electron chi connectivity index (χ0n) is 13.4. The Labute approximate surface area is 134 Å². The number of carbonyl (C=O) groups excluding carboxylic acids is 1. The van der Waals surface area contributed by atoms with Gasteiger partial charge in [0.1, 0.15) is 5.56 Å². The van der Waals surface area contributed by atoms with Crippen LogP contribution in [0, 0.1) is 0 Å². The van der Waals surface area contributed by atoms with Crippen molar-refractivity contribution in [2.45, 2.75) is 6.54 Å². The normalized spacial score (nSPS) is 11.1. The van der Waals surface area contributed by atoms with E-state index in [-0.39, 0.29) is 18.7 Å². The van der Waals surface area contributed by atoms with Crippen LogP contribution in [0.4, 0.5) is 5.69 Å². The van der Waals surface area contributed by atoms with Crippen molar-refractivity contribution >= 4 is 22.5 Å². The maximum absolute atomic E-state index is 12.6. The molecule has 2 aromatic rings. The van der Waals surface area contributed by atoms with Crippen molar-refractivity contribution in [1.29, 1.82) is 0 Å². The standard InChI is InChI=1S/C16H22N4O3/c1-19(2)7-8-20-10-11(16(23)18-6-9-21)15(22)14-12(17)4-3-5-13(14)20/h3-5,10,21H,6-9,17H2,1-2H3,(H,18,23). The summed E-state index contributed by atoms with van der Waals surface area (Å²) >= 11 is 0. The number of fused-ring (bicyclic) bond motifs is 1. The van der Waals surface area contributed by atoms with Gasteiger partial charge in [0.2, 0.25) is 5.43 Å². The van der Waals surface area contributed by atoms with Gasteiger partial charge in [-0.1, -0.05) is 6.07 Å². The topological polar surface area (TPSA) is 101 Å². The molecule has 7 nitrogen and oxygen atoms in total. The number of rotatable bonds is 6. The summed E-state index contributed by atoms with van der Waals surface area (Å²) in [5.74, 6) is -0.507. The summed E-state index contributed by atoms with van der Waals surface area (Å²) in [6, 6.07) is 5.25. The van der Waals surface area contributed by atoms with E-state index in [4.69, 9.17) is 10.8 Å². The Bertz CT molecular complexity index is 768. The summed E-state index contributed by atoms with van der Waals surface area (Å²) in [5, 5.41) is 11.7. The molecule has 7 heteroatoms. The summed E-state index contributed by atoms with van der Waals surface area (Å²) in [7, 11) is 3.90. The molecule has 1 aromatic heterocycles. The first-order chi connectivity index (χ1) is 11.0. The molecule has 1 amide bonds. The van der Waals surface area contributed by atoms with Gasteiger partial charge in [0.15, 0.2) is 0 Å². The van der Waals surface area contributed by atoms with Crippen molar-refractivity contribution < 1.29 is 9.90 Å². The average molecular weight is 318 g/mol. The largest absolute Gasteiger partial charge is 0.398 e. The number of benzene rings is 1. The Morgan fingerprint density at radius 2 is 2.13 bits per heavy atom. The number of aliphatic hydroxyl groups is 1. The molecule has 0 fully saturated rings. The zero-order chi connectivity index (χ0) is 17.0. The highest BCUT2D eigenvalue weighted by atomic mass is 16.3. The predicted molar refractivity (Wildman–Crippen MR) is 90.6 cm³/mol. The average Bonchev–Trinajstić information content (AvgIpc) is 2.51. The van der Waals surface area contributed by atoms with E-state index >= 15 is 0 Å². The Kier molecular flexibility index (Phi) is 5.36. The molecule has 1 aromatic carbocycles. The SMILES string of the molecule is CN(C)CCn1cc(C(=O)NCCO)c(=O)c2c(N)cccc21. The highest BCUT2D eigenvalue weighted by Gasteiger charge is 2.16. The second kappa shape index (κ2) is 7.26. The monoisotopic (exact) mass is 318 g/mol. The van der Waals surface area contributed by atoms with Crippen LogP contribution in [0.5, 0.6) is 0 Å². The molecule has 0 saturated heterocycles. The molecule has 0 spiro atoms. The fourth-order valence-electron chi connectivity index (χ4n) is 2.38. The maximum Gasteiger partial charge on any atom is 0.256 e. The highest BCUT2D eigenvalue weighted by Crippen LogP contribution is 2.18. The van der Waals surface area contributed by atoms with Crippen LogP contribution in [0.25, 0.3) is 10.9 Å². The van der Waals surface area contributed by atoms with E-state index < -0.39 is 11.3 Å². The Morgan fingerprint density at radius 3 is 2.78 bits per heavy atom. The van der Waals surface area contributed by atoms with Crippen LogP contribution < -0.4 is 16.5 Å². The third-order valence-electron chi connectivity index (χ3n) is 3.57. The van der Waals surface area contributed by atoms with Crippen molar-refractivity contribution in [2.24, 2.45) is 0 Å². The van der Waals surface area contributed by atoms with Crippen LogP contribution >= 0.6 is 0 Å². The van der Waals surface area contributed by atoms with Crippen molar-refractivity contribution in [3.8, 4) is 0 Å². The number of pyridine rings is 1. The van der Waals surface area contributed by atoms with Gasteiger partial charge >= 0.3 is 0 Å². The van der Waals surface area contributed by atoms with E-state index in [2.05, 4.69) is 5.32 Å². The lowest BCUT2D eigenvalue weighted by Gasteiger charge is -2.16. The predicted octanol–water partition coefficient (Wildman–Crippen LogP) is -0.133. The Hall–Kier alpha value is -2.38. The number of anilines is 1. The van der Waals surface area contributed by atoms with E-state index in [1.54, 1.807) is 18.3 Å². The van der Waals surface area contributed by atoms with E-state index in [0.29, 0.717) is 23.1 Å². The van der Waals surface area contributed by atoms with E-state index in [1.807, 2.05) is 29.6 Å². The molecule has 0 aliphatic heterocycles. The highest BCUT2D eigenvalue weighted by molar-refractivity contribution is 6.00. The Balaban J connectivity index is 2.59. The van der Waals surface area contributed by atoms with Gasteiger partial charge in [0, 0.05) is 31.5 Å². The molecular formula is C16H22N4O3. The zero-order valence-corrected chi connectivity index (χ0v) is 13.4. The summed E-state index contributed by atoms with van der Waals surface area (Å²) in [4.78, 5) is 26.8. The van der Waals surface area contributed by atoms with Gasteiger partial charge in [-0.3, -0.25) is 9.59 Å². The molecule has 124 valence electrons. The van der Waals surface area contributed by atoms with Crippen molar-refractivity contribution in [3.05, 3.63) is 40.2 Å². The molecule has 0 saturated carbocycles. The lowest BCUT2D eigenvalue weighted by Crippen LogP contribution is -2.32.